The molecule has 0 aliphatic rings. The van der Waals surface area contributed by atoms with Gasteiger partial charge in [0, 0.05) is 17.5 Å². The number of nitrogens with zero attached hydrogens (tertiary/aromatic N) is 1. The molecule has 0 spiro atoms. The lowest BCUT2D eigenvalue weighted by atomic mass is 10.1. The van der Waals surface area contributed by atoms with E-state index in [1.165, 1.54) is 18.2 Å². The zero-order valence-corrected chi connectivity index (χ0v) is 14.4. The number of nitrogens with one attached hydrogen (secondary N) is 2. The Bertz CT molecular complexity index is 763. The van der Waals surface area contributed by atoms with E-state index in [0.717, 1.165) is 10.5 Å². The molecule has 1 amide bonds. The molecule has 0 aliphatic carbocycles. The van der Waals surface area contributed by atoms with E-state index in [1.54, 1.807) is 17.8 Å². The maximum absolute atomic E-state index is 12.1. The second-order valence-electron chi connectivity index (χ2n) is 4.76. The van der Waals surface area contributed by atoms with Crippen molar-refractivity contribution in [3.05, 3.63) is 69.8 Å². The molecule has 0 fully saturated rings. The van der Waals surface area contributed by atoms with Gasteiger partial charge >= 0.3 is 0 Å². The molecule has 24 heavy (non-hydrogen) atoms. The van der Waals surface area contributed by atoms with Crippen LogP contribution in [0.25, 0.3) is 0 Å². The van der Waals surface area contributed by atoms with E-state index in [4.69, 9.17) is 12.2 Å². The topological polar surface area (TPSA) is 84.3 Å². The summed E-state index contributed by atoms with van der Waals surface area (Å²) in [5.41, 5.74) is 0.719. The molecule has 0 aromatic heterocycles. The Morgan fingerprint density at radius 1 is 1.21 bits per heavy atom. The number of carbonyl (C=O) groups is 1. The summed E-state index contributed by atoms with van der Waals surface area (Å²) in [7, 11) is 0. The Labute approximate surface area is 148 Å². The fourth-order valence-electron chi connectivity index (χ4n) is 1.97. The van der Waals surface area contributed by atoms with Crippen LogP contribution in [0.5, 0.6) is 0 Å². The van der Waals surface area contributed by atoms with Crippen molar-refractivity contribution in [2.24, 2.45) is 0 Å². The Morgan fingerprint density at radius 2 is 1.88 bits per heavy atom. The third-order valence-electron chi connectivity index (χ3n) is 3.18. The van der Waals surface area contributed by atoms with Crippen LogP contribution in [0.2, 0.25) is 0 Å². The summed E-state index contributed by atoms with van der Waals surface area (Å²) < 4.78 is 0. The van der Waals surface area contributed by atoms with Gasteiger partial charge in [0.15, 0.2) is 5.11 Å². The molecule has 124 valence electrons. The van der Waals surface area contributed by atoms with Gasteiger partial charge in [-0.2, -0.15) is 0 Å². The maximum atomic E-state index is 12.1. The highest BCUT2D eigenvalue weighted by Gasteiger charge is 2.19. The number of rotatable bonds is 5. The molecule has 2 aromatic carbocycles. The molecule has 6 nitrogen and oxygen atoms in total. The van der Waals surface area contributed by atoms with Crippen LogP contribution in [0.15, 0.2) is 53.4 Å². The number of nitro groups is 1. The van der Waals surface area contributed by atoms with Gasteiger partial charge in [-0.25, -0.2) is 0 Å². The van der Waals surface area contributed by atoms with E-state index in [0.29, 0.717) is 6.54 Å². The van der Waals surface area contributed by atoms with Gasteiger partial charge in [-0.05, 0) is 42.2 Å². The van der Waals surface area contributed by atoms with Crippen molar-refractivity contribution in [1.82, 2.24) is 10.6 Å². The molecule has 0 saturated carbocycles. The molecule has 0 aliphatic heterocycles. The Balaban J connectivity index is 1.94. The smallest absolute Gasteiger partial charge is 0.282 e. The van der Waals surface area contributed by atoms with E-state index >= 15 is 0 Å². The van der Waals surface area contributed by atoms with Gasteiger partial charge in [0.05, 0.1) is 4.92 Å². The molecule has 0 bridgehead atoms. The third kappa shape index (κ3) is 4.77. The Hall–Kier alpha value is -2.45. The van der Waals surface area contributed by atoms with E-state index in [-0.39, 0.29) is 16.4 Å². The standard InChI is InChI=1S/C16H15N3O3S2/c1-24-12-8-6-11(7-9-12)10-17-16(23)18-15(20)13-4-2-3-5-14(13)19(21)22/h2-9H,10H2,1H3,(H2,17,18,20,23). The monoisotopic (exact) mass is 361 g/mol. The highest BCUT2D eigenvalue weighted by molar-refractivity contribution is 7.98. The van der Waals surface area contributed by atoms with Crippen LogP contribution in [0, 0.1) is 10.1 Å². The van der Waals surface area contributed by atoms with E-state index in [9.17, 15) is 14.9 Å². The van der Waals surface area contributed by atoms with Crippen molar-refractivity contribution in [2.45, 2.75) is 11.4 Å². The van der Waals surface area contributed by atoms with Crippen molar-refractivity contribution in [2.75, 3.05) is 6.26 Å². The van der Waals surface area contributed by atoms with Gasteiger partial charge in [0.1, 0.15) is 5.56 Å². The summed E-state index contributed by atoms with van der Waals surface area (Å²) in [6.45, 7) is 0.449. The lowest BCUT2D eigenvalue weighted by molar-refractivity contribution is -0.385. The zero-order valence-electron chi connectivity index (χ0n) is 12.8. The number of para-hydroxylation sites is 1. The van der Waals surface area contributed by atoms with Crippen molar-refractivity contribution < 1.29 is 9.72 Å². The van der Waals surface area contributed by atoms with Crippen LogP contribution in [0.4, 0.5) is 5.69 Å². The van der Waals surface area contributed by atoms with Crippen LogP contribution in [-0.2, 0) is 6.54 Å². The van der Waals surface area contributed by atoms with Gasteiger partial charge in [-0.1, -0.05) is 24.3 Å². The molecule has 0 saturated heterocycles. The maximum Gasteiger partial charge on any atom is 0.282 e. The molecule has 2 aromatic rings. The molecule has 2 rings (SSSR count). The molecule has 8 heteroatoms. The normalized spacial score (nSPS) is 10.0. The fourth-order valence-corrected chi connectivity index (χ4v) is 2.54. The largest absolute Gasteiger partial charge is 0.358 e. The number of nitro benzene ring substituents is 1. The number of amides is 1. The second kappa shape index (κ2) is 8.42. The SMILES string of the molecule is CSc1ccc(CNC(=S)NC(=O)c2ccccc2[N+](=O)[O-])cc1. The van der Waals surface area contributed by atoms with E-state index in [2.05, 4.69) is 10.6 Å². The van der Waals surface area contributed by atoms with Crippen molar-refractivity contribution >= 4 is 40.7 Å². The van der Waals surface area contributed by atoms with Crippen molar-refractivity contribution in [3.8, 4) is 0 Å². The Morgan fingerprint density at radius 3 is 2.50 bits per heavy atom. The lowest BCUT2D eigenvalue weighted by Gasteiger charge is -2.10. The first-order valence-electron chi connectivity index (χ1n) is 6.97. The van der Waals surface area contributed by atoms with Crippen LogP contribution < -0.4 is 10.6 Å². The predicted octanol–water partition coefficient (Wildman–Crippen LogP) is 3.12. The van der Waals surface area contributed by atoms with Crippen molar-refractivity contribution in [3.63, 3.8) is 0 Å². The summed E-state index contributed by atoms with van der Waals surface area (Å²) in [6.07, 6.45) is 2.00. The van der Waals surface area contributed by atoms with Gasteiger partial charge < -0.3 is 5.32 Å². The average molecular weight is 361 g/mol. The molecule has 2 N–H and O–H groups in total. The molecule has 0 atom stereocenters. The van der Waals surface area contributed by atoms with Crippen LogP contribution in [0.1, 0.15) is 15.9 Å². The number of benzene rings is 2. The molecular weight excluding hydrogens is 346 g/mol. The van der Waals surface area contributed by atoms with Gasteiger partial charge in [-0.15, -0.1) is 11.8 Å². The highest BCUT2D eigenvalue weighted by Crippen LogP contribution is 2.17. The first-order chi connectivity index (χ1) is 11.5. The average Bonchev–Trinajstić information content (AvgIpc) is 2.60. The van der Waals surface area contributed by atoms with Gasteiger partial charge in [-0.3, -0.25) is 20.2 Å². The molecule has 0 heterocycles. The minimum absolute atomic E-state index is 0.0315. The fraction of sp³-hybridized carbons (Fsp3) is 0.125. The zero-order chi connectivity index (χ0) is 17.5. The lowest BCUT2D eigenvalue weighted by Crippen LogP contribution is -2.39. The first-order valence-corrected chi connectivity index (χ1v) is 8.60. The summed E-state index contributed by atoms with van der Waals surface area (Å²) in [5.74, 6) is -0.613. The highest BCUT2D eigenvalue weighted by atomic mass is 32.2. The number of carbonyl (C=O) groups excluding carboxylic acids is 1. The van der Waals surface area contributed by atoms with Gasteiger partial charge in [0.2, 0.25) is 0 Å². The molecular formula is C16H15N3O3S2. The van der Waals surface area contributed by atoms with Crippen molar-refractivity contribution in [1.29, 1.82) is 0 Å². The van der Waals surface area contributed by atoms with E-state index < -0.39 is 10.8 Å². The summed E-state index contributed by atoms with van der Waals surface area (Å²) >= 11 is 6.72. The number of hydrogen-bond donors (Lipinski definition) is 2. The summed E-state index contributed by atoms with van der Waals surface area (Å²) in [5, 5.41) is 16.4. The Kier molecular flexibility index (Phi) is 6.28. The minimum atomic E-state index is -0.613. The third-order valence-corrected chi connectivity index (χ3v) is 4.17. The number of thioether (sulfide) groups is 1. The second-order valence-corrected chi connectivity index (χ2v) is 6.05. The predicted molar refractivity (Wildman–Crippen MR) is 98.2 cm³/mol. The van der Waals surface area contributed by atoms with E-state index in [1.807, 2.05) is 30.5 Å². The summed E-state index contributed by atoms with van der Waals surface area (Å²) in [6, 6.07) is 13.6. The summed E-state index contributed by atoms with van der Waals surface area (Å²) in [4.78, 5) is 23.6. The van der Waals surface area contributed by atoms with Crippen LogP contribution in [0.3, 0.4) is 0 Å². The molecule has 0 unspecified atom stereocenters. The van der Waals surface area contributed by atoms with Gasteiger partial charge in [0.25, 0.3) is 11.6 Å². The number of hydrogen-bond acceptors (Lipinski definition) is 5. The van der Waals surface area contributed by atoms with Crippen LogP contribution >= 0.6 is 24.0 Å². The molecule has 0 radical (unpaired) electrons. The van der Waals surface area contributed by atoms with Crippen LogP contribution in [-0.4, -0.2) is 22.2 Å². The minimum Gasteiger partial charge on any atom is -0.358 e. The quantitative estimate of drug-likeness (QED) is 0.368. The first kappa shape index (κ1) is 17.9. The number of thiocarbonyl (C=S) groups is 1.